The van der Waals surface area contributed by atoms with Gasteiger partial charge in [0.25, 0.3) is 0 Å². The number of rotatable bonds is 0. The van der Waals surface area contributed by atoms with Gasteiger partial charge >= 0.3 is 35.1 Å². The highest BCUT2D eigenvalue weighted by atomic mass is 16.7. The fourth-order valence-electron chi connectivity index (χ4n) is 9.72. The number of hydrogen-bond donors (Lipinski definition) is 17. The van der Waals surface area contributed by atoms with Crippen LogP contribution < -0.4 is 11.3 Å². The van der Waals surface area contributed by atoms with Crippen molar-refractivity contribution in [1.82, 2.24) is 0 Å². The molecule has 5 heterocycles. The number of esters is 4. The van der Waals surface area contributed by atoms with Crippen LogP contribution in [0.15, 0.2) is 42.7 Å². The Kier molecular flexibility index (Phi) is 10.3. The molecular formula is C48H28O30. The summed E-state index contributed by atoms with van der Waals surface area (Å²) in [6, 6.07) is 1.42. The number of phenolic OH excluding ortho intramolecular Hbond substituents is 16. The van der Waals surface area contributed by atoms with E-state index in [9.17, 15) is 116 Å². The molecule has 6 aromatic carbocycles. The number of hydrogen-bond acceptors (Lipinski definition) is 30. The summed E-state index contributed by atoms with van der Waals surface area (Å²) in [5.74, 6) is -31.1. The third kappa shape index (κ3) is 6.49. The number of benzene rings is 6. The summed E-state index contributed by atoms with van der Waals surface area (Å²) in [6.45, 7) is -1.46. The van der Waals surface area contributed by atoms with Crippen molar-refractivity contribution in [3.8, 4) is 125 Å². The van der Waals surface area contributed by atoms with Crippen molar-refractivity contribution in [1.29, 1.82) is 0 Å². The largest absolute Gasteiger partial charge is 0.504 e. The van der Waals surface area contributed by atoms with Crippen molar-refractivity contribution in [2.45, 2.75) is 30.7 Å². The topological polar surface area (TPSA) is 519 Å². The van der Waals surface area contributed by atoms with Gasteiger partial charge < -0.3 is 119 Å². The zero-order valence-corrected chi connectivity index (χ0v) is 37.8. The number of aromatic hydroxyl groups is 16. The van der Waals surface area contributed by atoms with Crippen LogP contribution in [0.4, 0.5) is 0 Å². The van der Waals surface area contributed by atoms with Gasteiger partial charge in [0, 0.05) is 44.2 Å². The maximum absolute atomic E-state index is 15.0. The molecule has 30 nitrogen and oxygen atoms in total. The second kappa shape index (κ2) is 16.4. The van der Waals surface area contributed by atoms with Gasteiger partial charge in [-0.05, 0) is 24.3 Å². The first-order valence-electron chi connectivity index (χ1n) is 21.7. The Morgan fingerprint density at radius 3 is 1.03 bits per heavy atom. The van der Waals surface area contributed by atoms with E-state index in [1.807, 2.05) is 0 Å². The van der Waals surface area contributed by atoms with Crippen LogP contribution in [0.3, 0.4) is 0 Å². The fraction of sp³-hybridized carbons (Fsp3) is 0.125. The molecule has 3 aliphatic rings. The number of aliphatic hydroxyl groups excluding tert-OH is 1. The minimum Gasteiger partial charge on any atom is -0.504 e. The predicted molar refractivity (Wildman–Crippen MR) is 245 cm³/mol. The summed E-state index contributed by atoms with van der Waals surface area (Å²) in [5, 5.41) is 185. The van der Waals surface area contributed by atoms with Crippen molar-refractivity contribution in [3.05, 3.63) is 67.4 Å². The van der Waals surface area contributed by atoms with E-state index >= 15 is 0 Å². The lowest BCUT2D eigenvalue weighted by Gasteiger charge is -2.43. The normalized spacial score (nSPS) is 19.3. The number of cyclic esters (lactones) is 1. The molecule has 1 fully saturated rings. The second-order valence-electron chi connectivity index (χ2n) is 17.4. The van der Waals surface area contributed by atoms with E-state index in [0.717, 1.165) is 0 Å². The Balaban J connectivity index is 1.22. The van der Waals surface area contributed by atoms with Crippen molar-refractivity contribution in [3.63, 3.8) is 0 Å². The molecule has 0 radical (unpaired) electrons. The molecule has 78 heavy (non-hydrogen) atoms. The zero-order chi connectivity index (χ0) is 56.3. The molecule has 3 aliphatic heterocycles. The molecule has 400 valence electrons. The van der Waals surface area contributed by atoms with Crippen LogP contribution in [0.2, 0.25) is 0 Å². The van der Waals surface area contributed by atoms with Gasteiger partial charge in [0.05, 0.1) is 33.0 Å². The lowest BCUT2D eigenvalue weighted by atomic mass is 9.88. The molecule has 0 aliphatic carbocycles. The number of carbonyl (C=O) groups is 4. The molecule has 2 aromatic heterocycles. The Labute approximate surface area is 424 Å². The average Bonchev–Trinajstić information content (AvgIpc) is 2.96. The number of aliphatic hydroxyl groups is 1. The third-order valence-corrected chi connectivity index (χ3v) is 13.2. The highest BCUT2D eigenvalue weighted by molar-refractivity contribution is 6.29. The van der Waals surface area contributed by atoms with E-state index < -0.39 is 253 Å². The van der Waals surface area contributed by atoms with E-state index in [-0.39, 0.29) is 0 Å². The van der Waals surface area contributed by atoms with E-state index in [1.165, 1.54) is 0 Å². The number of fused-ring (bicyclic) bond motifs is 10. The van der Waals surface area contributed by atoms with Crippen LogP contribution in [-0.4, -0.2) is 148 Å². The third-order valence-electron chi connectivity index (χ3n) is 13.2. The van der Waals surface area contributed by atoms with Crippen LogP contribution in [0.1, 0.15) is 41.4 Å². The van der Waals surface area contributed by atoms with Gasteiger partial charge in [-0.2, -0.15) is 0 Å². The highest BCUT2D eigenvalue weighted by Crippen LogP contribution is 2.59. The predicted octanol–water partition coefficient (Wildman–Crippen LogP) is 1.96. The van der Waals surface area contributed by atoms with Crippen LogP contribution in [-0.2, 0) is 23.7 Å². The Morgan fingerprint density at radius 1 is 0.346 bits per heavy atom. The van der Waals surface area contributed by atoms with Gasteiger partial charge in [-0.25, -0.2) is 28.8 Å². The molecule has 5 unspecified atom stereocenters. The van der Waals surface area contributed by atoms with Gasteiger partial charge in [0.15, 0.2) is 93.3 Å². The van der Waals surface area contributed by atoms with E-state index in [2.05, 4.69) is 0 Å². The van der Waals surface area contributed by atoms with Crippen LogP contribution in [0.5, 0.6) is 92.0 Å². The van der Waals surface area contributed by atoms with Crippen LogP contribution in [0.25, 0.3) is 66.1 Å². The summed E-state index contributed by atoms with van der Waals surface area (Å²) in [5.41, 5.74) is -17.8. The lowest BCUT2D eigenvalue weighted by molar-refractivity contribution is -0.284. The van der Waals surface area contributed by atoms with E-state index in [1.54, 1.807) is 0 Å². The smallest absolute Gasteiger partial charge is 0.345 e. The maximum atomic E-state index is 15.0. The van der Waals surface area contributed by atoms with Crippen molar-refractivity contribution in [2.75, 3.05) is 6.61 Å². The summed E-state index contributed by atoms with van der Waals surface area (Å²) >= 11 is 0. The molecule has 0 spiro atoms. The summed E-state index contributed by atoms with van der Waals surface area (Å²) in [7, 11) is 0. The number of carbonyl (C=O) groups excluding carboxylic acids is 4. The highest BCUT2D eigenvalue weighted by Gasteiger charge is 2.54. The van der Waals surface area contributed by atoms with Crippen molar-refractivity contribution < 1.29 is 139 Å². The SMILES string of the molecule is O=C1OC2C(O)OC3COC(=O)c4cc(O)c(O)c(O)c4-c4c(O)c(O)c5oc(=O)c6c(c(O)c(O)c7oc(=O)c4c5c76)-c4c(cc(O)c(O)c4O)C(=O)OC3C2OC(=O)c2cc(O)c(O)c(O)c2-c2c1cc(O)c(O)c2O. The second-order valence-corrected chi connectivity index (χ2v) is 17.4. The molecule has 0 amide bonds. The maximum Gasteiger partial charge on any atom is 0.345 e. The van der Waals surface area contributed by atoms with Crippen molar-refractivity contribution >= 4 is 56.6 Å². The molecule has 1 saturated heterocycles. The number of ether oxygens (including phenoxy) is 5. The average molecular weight is 1080 g/mol. The Morgan fingerprint density at radius 2 is 0.654 bits per heavy atom. The first-order valence-corrected chi connectivity index (χ1v) is 21.7. The van der Waals surface area contributed by atoms with Gasteiger partial charge in [0.2, 0.25) is 34.5 Å². The lowest BCUT2D eigenvalue weighted by Crippen LogP contribution is -2.62. The first kappa shape index (κ1) is 49.1. The molecule has 0 saturated carbocycles. The van der Waals surface area contributed by atoms with Crippen LogP contribution >= 0.6 is 0 Å². The quantitative estimate of drug-likeness (QED) is 0.0339. The Hall–Kier alpha value is -11.1. The molecular weight excluding hydrogens is 1060 g/mol. The van der Waals surface area contributed by atoms with Gasteiger partial charge in [-0.3, -0.25) is 0 Å². The monoisotopic (exact) mass is 1080 g/mol. The van der Waals surface area contributed by atoms with Gasteiger partial charge in [-0.1, -0.05) is 0 Å². The first-order chi connectivity index (χ1) is 36.8. The molecule has 6 bridgehead atoms. The molecule has 17 N–H and O–H groups in total. The summed E-state index contributed by atoms with van der Waals surface area (Å²) in [4.78, 5) is 86.6. The minimum atomic E-state index is -2.70. The van der Waals surface area contributed by atoms with Crippen LogP contribution in [0, 0.1) is 0 Å². The molecule has 5 atom stereocenters. The minimum absolute atomic E-state index is 0.293. The molecule has 30 heteroatoms. The van der Waals surface area contributed by atoms with E-state index in [4.69, 9.17) is 32.5 Å². The van der Waals surface area contributed by atoms with Crippen molar-refractivity contribution in [2.24, 2.45) is 0 Å². The summed E-state index contributed by atoms with van der Waals surface area (Å²) in [6.07, 6.45) is -12.9. The fourth-order valence-corrected chi connectivity index (χ4v) is 9.72. The van der Waals surface area contributed by atoms with E-state index in [0.29, 0.717) is 24.3 Å². The van der Waals surface area contributed by atoms with Gasteiger partial charge in [0.1, 0.15) is 12.7 Å². The standard InChI is InChI=1S/C48H28O30/c49-10-1-6-17(31(59)27(10)55)19-23-21-22-24(47(70)76-38(21)35(63)33(19)61)20(34(62)36(64)39(22)75-46(23)69)18-9(4-13(52)28(56)32(18)60)43(66)74-37-14(5-72-42(6)65)73-48(71)41-40(37)77-44(67)7-2-11(50)25(53)29(57)15(7)16-8(45(68)78-41)3-12(51)26(54)30(16)58/h1-4,14,37,40-41,48-64,71H,5H2. The Bertz CT molecular complexity index is 4240. The summed E-state index contributed by atoms with van der Waals surface area (Å²) < 4.78 is 38.5. The molecule has 8 aromatic rings. The number of phenols is 16. The zero-order valence-electron chi connectivity index (χ0n) is 37.8. The van der Waals surface area contributed by atoms with Gasteiger partial charge in [-0.15, -0.1) is 0 Å². The molecule has 11 rings (SSSR count).